The van der Waals surface area contributed by atoms with Crippen molar-refractivity contribution in [1.29, 1.82) is 5.26 Å². The van der Waals surface area contributed by atoms with E-state index in [1.807, 2.05) is 0 Å². The predicted molar refractivity (Wildman–Crippen MR) is 89.6 cm³/mol. The molecule has 0 fully saturated rings. The molecule has 1 atom stereocenters. The number of hydrogen-bond acceptors (Lipinski definition) is 5. The molecule has 0 saturated carbocycles. The number of anilines is 1. The van der Waals surface area contributed by atoms with Crippen molar-refractivity contribution in [3.63, 3.8) is 0 Å². The van der Waals surface area contributed by atoms with Gasteiger partial charge in [-0.15, -0.1) is 0 Å². The molecule has 0 radical (unpaired) electrons. The van der Waals surface area contributed by atoms with Crippen molar-refractivity contribution < 1.29 is 22.1 Å². The summed E-state index contributed by atoms with van der Waals surface area (Å²) in [4.78, 5) is 0. The van der Waals surface area contributed by atoms with Crippen LogP contribution in [0.3, 0.4) is 0 Å². The SMILES string of the molecule is CC1(C)OC(S(=O)(=O)O)Nc2ccc(-c3ccc(F)c(C#N)c3)cc21. The highest BCUT2D eigenvalue weighted by Crippen LogP contribution is 2.40. The smallest absolute Gasteiger partial charge is 0.312 e. The maximum absolute atomic E-state index is 13.5. The topological polar surface area (TPSA) is 99.4 Å². The molecule has 0 amide bonds. The van der Waals surface area contributed by atoms with Gasteiger partial charge in [0, 0.05) is 11.3 Å². The minimum Gasteiger partial charge on any atom is -0.345 e. The first-order valence-corrected chi connectivity index (χ1v) is 8.87. The van der Waals surface area contributed by atoms with Crippen molar-refractivity contribution in [2.45, 2.75) is 25.0 Å². The van der Waals surface area contributed by atoms with E-state index >= 15 is 0 Å². The summed E-state index contributed by atoms with van der Waals surface area (Å²) in [6.45, 7) is 3.36. The lowest BCUT2D eigenvalue weighted by molar-refractivity contribution is -0.0406. The van der Waals surface area contributed by atoms with Crippen LogP contribution in [-0.2, 0) is 20.5 Å². The second-order valence-corrected chi connectivity index (χ2v) is 7.64. The number of ether oxygens (including phenoxy) is 1. The zero-order chi connectivity index (χ0) is 18.4. The number of nitrogens with zero attached hydrogens (tertiary/aromatic N) is 1. The summed E-state index contributed by atoms with van der Waals surface area (Å²) in [7, 11) is -4.43. The van der Waals surface area contributed by atoms with E-state index in [2.05, 4.69) is 5.32 Å². The lowest BCUT2D eigenvalue weighted by atomic mass is 9.91. The van der Waals surface area contributed by atoms with E-state index in [0.717, 1.165) is 5.56 Å². The normalized spacial score (nSPS) is 18.8. The van der Waals surface area contributed by atoms with Crippen LogP contribution in [0.2, 0.25) is 0 Å². The van der Waals surface area contributed by atoms with Gasteiger partial charge in [0.05, 0.1) is 11.2 Å². The van der Waals surface area contributed by atoms with Crippen molar-refractivity contribution in [1.82, 2.24) is 0 Å². The van der Waals surface area contributed by atoms with Crippen molar-refractivity contribution in [2.24, 2.45) is 0 Å². The van der Waals surface area contributed by atoms with Gasteiger partial charge in [0.15, 0.2) is 0 Å². The van der Waals surface area contributed by atoms with E-state index < -0.39 is 27.1 Å². The maximum Gasteiger partial charge on any atom is 0.312 e. The van der Waals surface area contributed by atoms with Gasteiger partial charge in [-0.05, 0) is 49.2 Å². The molecule has 1 heterocycles. The first-order chi connectivity index (χ1) is 11.6. The molecule has 25 heavy (non-hydrogen) atoms. The Balaban J connectivity index is 2.08. The van der Waals surface area contributed by atoms with Crippen molar-refractivity contribution in [2.75, 3.05) is 5.32 Å². The van der Waals surface area contributed by atoms with Crippen LogP contribution in [0.15, 0.2) is 36.4 Å². The molecule has 6 nitrogen and oxygen atoms in total. The van der Waals surface area contributed by atoms with Crippen LogP contribution in [0.1, 0.15) is 25.0 Å². The van der Waals surface area contributed by atoms with E-state index in [0.29, 0.717) is 16.8 Å². The Morgan fingerprint density at radius 3 is 2.52 bits per heavy atom. The van der Waals surface area contributed by atoms with Crippen molar-refractivity contribution in [3.05, 3.63) is 53.3 Å². The van der Waals surface area contributed by atoms with Gasteiger partial charge in [-0.2, -0.15) is 13.7 Å². The second-order valence-electron chi connectivity index (χ2n) is 6.19. The molecule has 130 valence electrons. The van der Waals surface area contributed by atoms with Crippen LogP contribution >= 0.6 is 0 Å². The summed E-state index contributed by atoms with van der Waals surface area (Å²) in [6.07, 6.45) is 0. The third kappa shape index (κ3) is 3.22. The summed E-state index contributed by atoms with van der Waals surface area (Å²) in [6, 6.07) is 11.2. The monoisotopic (exact) mass is 362 g/mol. The molecule has 1 aliphatic heterocycles. The van der Waals surface area contributed by atoms with E-state index in [4.69, 9.17) is 10.00 Å². The van der Waals surface area contributed by atoms with Gasteiger partial charge < -0.3 is 10.1 Å². The molecule has 0 bridgehead atoms. The lowest BCUT2D eigenvalue weighted by Crippen LogP contribution is -2.43. The maximum atomic E-state index is 13.5. The van der Waals surface area contributed by atoms with Gasteiger partial charge >= 0.3 is 10.1 Å². The molecule has 1 aliphatic rings. The van der Waals surface area contributed by atoms with E-state index in [1.165, 1.54) is 12.1 Å². The van der Waals surface area contributed by atoms with Crippen molar-refractivity contribution in [3.8, 4) is 17.2 Å². The number of nitriles is 1. The molecule has 2 N–H and O–H groups in total. The summed E-state index contributed by atoms with van der Waals surface area (Å²) < 4.78 is 51.0. The fourth-order valence-electron chi connectivity index (χ4n) is 2.76. The van der Waals surface area contributed by atoms with Crippen molar-refractivity contribution >= 4 is 15.8 Å². The molecule has 3 rings (SSSR count). The minimum absolute atomic E-state index is 0.0599. The van der Waals surface area contributed by atoms with Crippen LogP contribution in [0.5, 0.6) is 0 Å². The summed E-state index contributed by atoms with van der Waals surface area (Å²) in [5, 5.41) is 11.6. The average Bonchev–Trinajstić information content (AvgIpc) is 2.53. The van der Waals surface area contributed by atoms with E-state index in [9.17, 15) is 17.4 Å². The first kappa shape index (κ1) is 17.4. The minimum atomic E-state index is -4.43. The number of nitrogens with one attached hydrogen (secondary N) is 1. The number of halogens is 1. The molecule has 0 aliphatic carbocycles. The molecule has 2 aromatic carbocycles. The Kier molecular flexibility index (Phi) is 4.03. The Bertz CT molecular complexity index is 996. The van der Waals surface area contributed by atoms with Gasteiger partial charge in [0.2, 0.25) is 0 Å². The second kappa shape index (κ2) is 5.81. The molecule has 0 aromatic heterocycles. The van der Waals surface area contributed by atoms with Gasteiger partial charge in [-0.1, -0.05) is 12.1 Å². The zero-order valence-electron chi connectivity index (χ0n) is 13.4. The average molecular weight is 362 g/mol. The highest BCUT2D eigenvalue weighted by atomic mass is 32.2. The van der Waals surface area contributed by atoms with Crippen LogP contribution < -0.4 is 5.32 Å². The first-order valence-electron chi connectivity index (χ1n) is 7.37. The Hall–Kier alpha value is -2.47. The number of fused-ring (bicyclic) bond motifs is 1. The highest BCUT2D eigenvalue weighted by Gasteiger charge is 2.39. The summed E-state index contributed by atoms with van der Waals surface area (Å²) in [5.74, 6) is -0.592. The Morgan fingerprint density at radius 1 is 1.24 bits per heavy atom. The Morgan fingerprint density at radius 2 is 1.88 bits per heavy atom. The molecular formula is C17H15FN2O4S. The van der Waals surface area contributed by atoms with E-state index in [1.54, 1.807) is 44.2 Å². The van der Waals surface area contributed by atoms with Crippen LogP contribution in [0, 0.1) is 17.1 Å². The fraction of sp³-hybridized carbons (Fsp3) is 0.235. The van der Waals surface area contributed by atoms with Crippen LogP contribution in [-0.4, -0.2) is 18.5 Å². The molecule has 1 unspecified atom stereocenters. The van der Waals surface area contributed by atoms with Gasteiger partial charge in [0.25, 0.3) is 5.56 Å². The largest absolute Gasteiger partial charge is 0.345 e. The standard InChI is InChI=1S/C17H15FN2O4S/c1-17(2)13-8-11(10-3-5-14(18)12(7-10)9-19)4-6-15(13)20-16(24-17)25(21,22)23/h3-8,16,20H,1-2H3,(H,21,22,23). The Labute approximate surface area is 144 Å². The molecule has 2 aromatic rings. The fourth-order valence-corrected chi connectivity index (χ4v) is 3.40. The van der Waals surface area contributed by atoms with Gasteiger partial charge in [-0.25, -0.2) is 4.39 Å². The summed E-state index contributed by atoms with van der Waals surface area (Å²) >= 11 is 0. The number of benzene rings is 2. The molecule has 8 heteroatoms. The summed E-state index contributed by atoms with van der Waals surface area (Å²) in [5.41, 5.74) is -0.0626. The van der Waals surface area contributed by atoms with Gasteiger partial charge in [0.1, 0.15) is 11.9 Å². The van der Waals surface area contributed by atoms with Crippen LogP contribution in [0.4, 0.5) is 10.1 Å². The third-order valence-electron chi connectivity index (χ3n) is 4.03. The molecule has 0 saturated heterocycles. The number of hydrogen-bond donors (Lipinski definition) is 2. The molecule has 0 spiro atoms. The molecular weight excluding hydrogens is 347 g/mol. The highest BCUT2D eigenvalue weighted by molar-refractivity contribution is 7.86. The quantitative estimate of drug-likeness (QED) is 0.796. The van der Waals surface area contributed by atoms with E-state index in [-0.39, 0.29) is 5.56 Å². The van der Waals surface area contributed by atoms with Gasteiger partial charge in [-0.3, -0.25) is 4.55 Å². The third-order valence-corrected chi connectivity index (χ3v) is 4.79. The lowest BCUT2D eigenvalue weighted by Gasteiger charge is -2.37. The number of rotatable bonds is 2. The van der Waals surface area contributed by atoms with Crippen LogP contribution in [0.25, 0.3) is 11.1 Å². The predicted octanol–water partition coefficient (Wildman–Crippen LogP) is 3.21. The zero-order valence-corrected chi connectivity index (χ0v) is 14.3.